The van der Waals surface area contributed by atoms with E-state index in [-0.39, 0.29) is 18.2 Å². The first-order valence-electron chi connectivity index (χ1n) is 9.22. The molecule has 0 saturated carbocycles. The molecule has 2 aromatic carbocycles. The lowest BCUT2D eigenvalue weighted by atomic mass is 9.89. The quantitative estimate of drug-likeness (QED) is 0.763. The van der Waals surface area contributed by atoms with Crippen molar-refractivity contribution in [1.82, 2.24) is 9.55 Å². The van der Waals surface area contributed by atoms with E-state index in [0.29, 0.717) is 5.82 Å². The van der Waals surface area contributed by atoms with Gasteiger partial charge in [0.15, 0.2) is 0 Å². The van der Waals surface area contributed by atoms with Gasteiger partial charge >= 0.3 is 0 Å². The van der Waals surface area contributed by atoms with Crippen molar-refractivity contribution >= 4 is 23.3 Å². The molecule has 1 N–H and O–H groups in total. The predicted octanol–water partition coefficient (Wildman–Crippen LogP) is 3.48. The predicted molar refractivity (Wildman–Crippen MR) is 109 cm³/mol. The van der Waals surface area contributed by atoms with Gasteiger partial charge in [0, 0.05) is 31.8 Å². The van der Waals surface area contributed by atoms with E-state index in [9.17, 15) is 9.59 Å². The number of para-hydroxylation sites is 1. The Morgan fingerprint density at radius 1 is 1.07 bits per heavy atom. The Hall–Kier alpha value is -3.41. The van der Waals surface area contributed by atoms with Crippen LogP contribution >= 0.6 is 0 Å². The molecule has 0 fully saturated rings. The summed E-state index contributed by atoms with van der Waals surface area (Å²) in [5.74, 6) is 0.641. The number of hydrogen-bond acceptors (Lipinski definition) is 3. The van der Waals surface area contributed by atoms with Gasteiger partial charge in [-0.25, -0.2) is 4.98 Å². The van der Waals surface area contributed by atoms with Gasteiger partial charge in [-0.2, -0.15) is 0 Å². The minimum absolute atomic E-state index is 0.0664. The molecule has 0 saturated heterocycles. The van der Waals surface area contributed by atoms with Gasteiger partial charge < -0.3 is 14.8 Å². The van der Waals surface area contributed by atoms with E-state index < -0.39 is 5.92 Å². The SMILES string of the molecule is Cc1nc(-c2ccccc2)c(NC(=O)C2CC(=O)N(C)c3ccccc32)n1C. The van der Waals surface area contributed by atoms with Gasteiger partial charge in [-0.3, -0.25) is 9.59 Å². The molecular weight excluding hydrogens is 352 g/mol. The highest BCUT2D eigenvalue weighted by Gasteiger charge is 2.34. The van der Waals surface area contributed by atoms with Crippen LogP contribution in [0.3, 0.4) is 0 Å². The zero-order valence-corrected chi connectivity index (χ0v) is 16.1. The highest BCUT2D eigenvalue weighted by molar-refractivity contribution is 6.06. The standard InChI is InChI=1S/C22H22N4O2/c1-14-23-20(15-9-5-4-6-10-15)21(25(14)2)24-22(28)17-13-19(27)26(3)18-12-8-7-11-16(17)18/h4-12,17H,13H2,1-3H3,(H,24,28). The number of nitrogens with zero attached hydrogens (tertiary/aromatic N) is 3. The Balaban J connectivity index is 1.71. The van der Waals surface area contributed by atoms with Crippen LogP contribution in [-0.4, -0.2) is 28.4 Å². The van der Waals surface area contributed by atoms with Gasteiger partial charge in [0.25, 0.3) is 0 Å². The Kier molecular flexibility index (Phi) is 4.47. The monoisotopic (exact) mass is 374 g/mol. The molecule has 28 heavy (non-hydrogen) atoms. The van der Waals surface area contributed by atoms with Gasteiger partial charge in [0.1, 0.15) is 17.3 Å². The molecule has 4 rings (SSSR count). The number of amides is 2. The van der Waals surface area contributed by atoms with Crippen LogP contribution < -0.4 is 10.2 Å². The second kappa shape index (κ2) is 6.96. The van der Waals surface area contributed by atoms with E-state index in [1.807, 2.05) is 73.1 Å². The minimum atomic E-state index is -0.529. The molecule has 1 aliphatic heterocycles. The number of aryl methyl sites for hydroxylation is 1. The molecule has 1 atom stereocenters. The van der Waals surface area contributed by atoms with E-state index in [1.54, 1.807) is 11.9 Å². The maximum absolute atomic E-state index is 13.2. The Bertz CT molecular complexity index is 1060. The maximum atomic E-state index is 13.2. The zero-order valence-electron chi connectivity index (χ0n) is 16.1. The van der Waals surface area contributed by atoms with Crippen LogP contribution in [-0.2, 0) is 16.6 Å². The number of anilines is 2. The summed E-state index contributed by atoms with van der Waals surface area (Å²) in [6, 6.07) is 17.3. The average molecular weight is 374 g/mol. The molecule has 0 spiro atoms. The third-order valence-electron chi connectivity index (χ3n) is 5.35. The van der Waals surface area contributed by atoms with Crippen molar-refractivity contribution in [1.29, 1.82) is 0 Å². The summed E-state index contributed by atoms with van der Waals surface area (Å²) in [5.41, 5.74) is 3.30. The highest BCUT2D eigenvalue weighted by atomic mass is 16.2. The summed E-state index contributed by atoms with van der Waals surface area (Å²) < 4.78 is 1.86. The van der Waals surface area contributed by atoms with E-state index in [0.717, 1.165) is 28.3 Å². The van der Waals surface area contributed by atoms with Crippen LogP contribution in [0.25, 0.3) is 11.3 Å². The molecule has 1 unspecified atom stereocenters. The molecule has 1 aliphatic rings. The highest BCUT2D eigenvalue weighted by Crippen LogP contribution is 2.36. The van der Waals surface area contributed by atoms with Crippen LogP contribution in [0.15, 0.2) is 54.6 Å². The molecule has 3 aromatic rings. The molecule has 0 radical (unpaired) electrons. The van der Waals surface area contributed by atoms with Gasteiger partial charge in [-0.1, -0.05) is 48.5 Å². The van der Waals surface area contributed by atoms with Gasteiger partial charge in [0.2, 0.25) is 11.8 Å². The summed E-state index contributed by atoms with van der Waals surface area (Å²) in [7, 11) is 3.62. The Morgan fingerprint density at radius 3 is 2.50 bits per heavy atom. The first kappa shape index (κ1) is 18.0. The number of hydrogen-bond donors (Lipinski definition) is 1. The number of imidazole rings is 1. The number of rotatable bonds is 3. The smallest absolute Gasteiger partial charge is 0.233 e. The fraction of sp³-hybridized carbons (Fsp3) is 0.227. The average Bonchev–Trinajstić information content (AvgIpc) is 2.99. The number of carbonyl (C=O) groups excluding carboxylic acids is 2. The lowest BCUT2D eigenvalue weighted by Crippen LogP contribution is -2.37. The van der Waals surface area contributed by atoms with Crippen molar-refractivity contribution in [2.24, 2.45) is 7.05 Å². The summed E-state index contributed by atoms with van der Waals surface area (Å²) in [6.07, 6.45) is 0.150. The fourth-order valence-corrected chi connectivity index (χ4v) is 3.63. The number of aromatic nitrogens is 2. The molecule has 6 nitrogen and oxygen atoms in total. The number of benzene rings is 2. The first-order chi connectivity index (χ1) is 13.5. The number of nitrogens with one attached hydrogen (secondary N) is 1. The maximum Gasteiger partial charge on any atom is 0.233 e. The third-order valence-corrected chi connectivity index (χ3v) is 5.35. The third kappa shape index (κ3) is 2.97. The normalized spacial score (nSPS) is 16.0. The largest absolute Gasteiger partial charge is 0.318 e. The van der Waals surface area contributed by atoms with Crippen molar-refractivity contribution in [3.63, 3.8) is 0 Å². The van der Waals surface area contributed by atoms with Gasteiger partial charge in [-0.05, 0) is 18.6 Å². The minimum Gasteiger partial charge on any atom is -0.318 e. The first-order valence-corrected chi connectivity index (χ1v) is 9.22. The lowest BCUT2D eigenvalue weighted by Gasteiger charge is -2.30. The molecule has 0 aliphatic carbocycles. The van der Waals surface area contributed by atoms with Crippen LogP contribution in [0.1, 0.15) is 23.7 Å². The van der Waals surface area contributed by atoms with Crippen LogP contribution in [0, 0.1) is 6.92 Å². The van der Waals surface area contributed by atoms with Crippen molar-refractivity contribution in [3.05, 3.63) is 66.0 Å². The lowest BCUT2D eigenvalue weighted by molar-refractivity contribution is -0.124. The molecule has 2 heterocycles. The second-order valence-electron chi connectivity index (χ2n) is 7.04. The molecule has 1 aromatic heterocycles. The summed E-state index contributed by atoms with van der Waals surface area (Å²) >= 11 is 0. The molecule has 6 heteroatoms. The van der Waals surface area contributed by atoms with Gasteiger partial charge in [-0.15, -0.1) is 0 Å². The Labute approximate surface area is 163 Å². The van der Waals surface area contributed by atoms with Crippen LogP contribution in [0.5, 0.6) is 0 Å². The molecule has 0 bridgehead atoms. The second-order valence-corrected chi connectivity index (χ2v) is 7.04. The number of fused-ring (bicyclic) bond motifs is 1. The number of carbonyl (C=O) groups is 2. The van der Waals surface area contributed by atoms with Crippen molar-refractivity contribution in [2.75, 3.05) is 17.3 Å². The van der Waals surface area contributed by atoms with Crippen molar-refractivity contribution < 1.29 is 9.59 Å². The van der Waals surface area contributed by atoms with Crippen LogP contribution in [0.2, 0.25) is 0 Å². The van der Waals surface area contributed by atoms with Gasteiger partial charge in [0.05, 0.1) is 5.92 Å². The zero-order chi connectivity index (χ0) is 19.8. The molecular formula is C22H22N4O2. The van der Waals surface area contributed by atoms with E-state index >= 15 is 0 Å². The van der Waals surface area contributed by atoms with E-state index in [4.69, 9.17) is 0 Å². The van der Waals surface area contributed by atoms with E-state index in [1.165, 1.54) is 0 Å². The topological polar surface area (TPSA) is 67.2 Å². The molecule has 142 valence electrons. The van der Waals surface area contributed by atoms with Crippen molar-refractivity contribution in [3.8, 4) is 11.3 Å². The Morgan fingerprint density at radius 2 is 1.75 bits per heavy atom. The van der Waals surface area contributed by atoms with E-state index in [2.05, 4.69) is 10.3 Å². The fourth-order valence-electron chi connectivity index (χ4n) is 3.63. The molecule has 2 amide bonds. The van der Waals surface area contributed by atoms with Crippen molar-refractivity contribution in [2.45, 2.75) is 19.3 Å². The van der Waals surface area contributed by atoms with Crippen LogP contribution in [0.4, 0.5) is 11.5 Å². The summed E-state index contributed by atoms with van der Waals surface area (Å²) in [4.78, 5) is 31.9. The summed E-state index contributed by atoms with van der Waals surface area (Å²) in [5, 5.41) is 3.03. The summed E-state index contributed by atoms with van der Waals surface area (Å²) in [6.45, 7) is 1.90.